The minimum atomic E-state index is -1.02. The van der Waals surface area contributed by atoms with Crippen molar-refractivity contribution in [1.82, 2.24) is 5.32 Å². The van der Waals surface area contributed by atoms with E-state index in [0.717, 1.165) is 41.7 Å². The number of carbonyl (C=O) groups excluding carboxylic acids is 1. The van der Waals surface area contributed by atoms with E-state index in [-0.39, 0.29) is 17.8 Å². The number of aryl methyl sites for hydroxylation is 1. The fourth-order valence-electron chi connectivity index (χ4n) is 4.49. The quantitative estimate of drug-likeness (QED) is 0.420. The monoisotopic (exact) mass is 473 g/mol. The predicted octanol–water partition coefficient (Wildman–Crippen LogP) is 6.04. The summed E-state index contributed by atoms with van der Waals surface area (Å²) in [4.78, 5) is 13.5. The molecule has 5 heteroatoms. The summed E-state index contributed by atoms with van der Waals surface area (Å²) in [6.45, 7) is 3.93. The predicted molar refractivity (Wildman–Crippen MR) is 137 cm³/mol. The van der Waals surface area contributed by atoms with Gasteiger partial charge in [-0.25, -0.2) is 4.39 Å². The lowest BCUT2D eigenvalue weighted by Crippen LogP contribution is -2.41. The number of ether oxygens (including phenoxy) is 1. The molecule has 0 aliphatic heterocycles. The summed E-state index contributed by atoms with van der Waals surface area (Å²) in [6, 6.07) is 18.6. The highest BCUT2D eigenvalue weighted by Gasteiger charge is 2.25. The molecule has 0 saturated carbocycles. The molecular formula is C30H32FNO3. The molecule has 2 N–H and O–H groups in total. The van der Waals surface area contributed by atoms with E-state index < -0.39 is 12.1 Å². The summed E-state index contributed by atoms with van der Waals surface area (Å²) < 4.78 is 19.3. The first-order valence-corrected chi connectivity index (χ1v) is 12.2. The maximum absolute atomic E-state index is 13.5. The number of halogens is 1. The molecule has 35 heavy (non-hydrogen) atoms. The van der Waals surface area contributed by atoms with Gasteiger partial charge in [-0.2, -0.15) is 0 Å². The molecule has 0 heterocycles. The largest absolute Gasteiger partial charge is 0.491 e. The summed E-state index contributed by atoms with van der Waals surface area (Å²) in [7, 11) is 0. The van der Waals surface area contributed by atoms with E-state index in [0.29, 0.717) is 17.5 Å². The third-order valence-corrected chi connectivity index (χ3v) is 6.18. The van der Waals surface area contributed by atoms with Crippen molar-refractivity contribution >= 4 is 12.0 Å². The molecule has 0 fully saturated rings. The third-order valence-electron chi connectivity index (χ3n) is 6.18. The smallest absolute Gasteiger partial charge is 0.252 e. The Morgan fingerprint density at radius 3 is 2.63 bits per heavy atom. The van der Waals surface area contributed by atoms with Gasteiger partial charge in [0.2, 0.25) is 0 Å². The van der Waals surface area contributed by atoms with Gasteiger partial charge in [0.25, 0.3) is 5.91 Å². The highest BCUT2D eigenvalue weighted by Crippen LogP contribution is 2.26. The Morgan fingerprint density at radius 2 is 1.86 bits per heavy atom. The van der Waals surface area contributed by atoms with Gasteiger partial charge >= 0.3 is 0 Å². The summed E-state index contributed by atoms with van der Waals surface area (Å²) >= 11 is 0. The van der Waals surface area contributed by atoms with Crippen LogP contribution in [0.5, 0.6) is 5.75 Å². The van der Waals surface area contributed by atoms with Crippen LogP contribution in [0.3, 0.4) is 0 Å². The van der Waals surface area contributed by atoms with Crippen LogP contribution in [0.4, 0.5) is 4.39 Å². The number of amides is 1. The molecule has 182 valence electrons. The zero-order chi connectivity index (χ0) is 24.8. The lowest BCUT2D eigenvalue weighted by atomic mass is 9.94. The first kappa shape index (κ1) is 24.7. The van der Waals surface area contributed by atoms with Crippen molar-refractivity contribution < 1.29 is 19.0 Å². The van der Waals surface area contributed by atoms with Crippen LogP contribution in [-0.2, 0) is 12.8 Å². The first-order valence-electron chi connectivity index (χ1n) is 12.2. The van der Waals surface area contributed by atoms with E-state index in [9.17, 15) is 14.3 Å². The lowest BCUT2D eigenvalue weighted by molar-refractivity contribution is 0.0831. The molecule has 2 atom stereocenters. The Labute approximate surface area is 206 Å². The number of aliphatic hydroxyl groups is 1. The van der Waals surface area contributed by atoms with E-state index >= 15 is 0 Å². The Hall–Kier alpha value is -3.44. The van der Waals surface area contributed by atoms with Crippen LogP contribution in [0.1, 0.15) is 65.4 Å². The highest BCUT2D eigenvalue weighted by molar-refractivity contribution is 5.98. The number of fused-ring (bicyclic) bond motifs is 1. The molecule has 1 aliphatic rings. The number of aliphatic hydroxyl groups excluding tert-OH is 1. The van der Waals surface area contributed by atoms with Gasteiger partial charge in [-0.05, 0) is 92.1 Å². The van der Waals surface area contributed by atoms with E-state index in [1.165, 1.54) is 12.1 Å². The lowest BCUT2D eigenvalue weighted by Gasteiger charge is -2.26. The van der Waals surface area contributed by atoms with Gasteiger partial charge in [0.1, 0.15) is 11.6 Å². The number of rotatable bonds is 8. The molecular weight excluding hydrogens is 441 g/mol. The van der Waals surface area contributed by atoms with Crippen LogP contribution in [0.25, 0.3) is 6.08 Å². The molecule has 0 spiro atoms. The van der Waals surface area contributed by atoms with Gasteiger partial charge in [0.15, 0.2) is 0 Å². The average Bonchev–Trinajstić information content (AvgIpc) is 3.09. The van der Waals surface area contributed by atoms with Crippen molar-refractivity contribution in [2.24, 2.45) is 0 Å². The second-order valence-corrected chi connectivity index (χ2v) is 9.27. The van der Waals surface area contributed by atoms with Crippen molar-refractivity contribution in [3.8, 4) is 5.75 Å². The first-order chi connectivity index (χ1) is 16.9. The van der Waals surface area contributed by atoms with Gasteiger partial charge in [0, 0.05) is 5.56 Å². The number of nitrogens with one attached hydrogen (secondary N) is 1. The van der Waals surface area contributed by atoms with Crippen LogP contribution in [0.15, 0.2) is 72.8 Å². The molecule has 0 saturated heterocycles. The van der Waals surface area contributed by atoms with E-state index in [1.807, 2.05) is 56.3 Å². The van der Waals surface area contributed by atoms with Gasteiger partial charge in [-0.1, -0.05) is 48.6 Å². The van der Waals surface area contributed by atoms with Crippen LogP contribution < -0.4 is 10.1 Å². The number of benzene rings is 3. The fourth-order valence-corrected chi connectivity index (χ4v) is 4.49. The summed E-state index contributed by atoms with van der Waals surface area (Å²) in [5.41, 5.74) is 4.14. The van der Waals surface area contributed by atoms with Gasteiger partial charge in [0.05, 0.1) is 18.2 Å². The van der Waals surface area contributed by atoms with Crippen LogP contribution in [0.2, 0.25) is 0 Å². The maximum Gasteiger partial charge on any atom is 0.252 e. The van der Waals surface area contributed by atoms with Gasteiger partial charge in [-0.15, -0.1) is 0 Å². The molecule has 0 aromatic heterocycles. The van der Waals surface area contributed by atoms with Crippen molar-refractivity contribution in [3.05, 3.63) is 106 Å². The van der Waals surface area contributed by atoms with Gasteiger partial charge < -0.3 is 15.2 Å². The number of hydrogen-bond acceptors (Lipinski definition) is 3. The van der Waals surface area contributed by atoms with Crippen molar-refractivity contribution in [3.63, 3.8) is 0 Å². The van der Waals surface area contributed by atoms with E-state index in [4.69, 9.17) is 4.74 Å². The topological polar surface area (TPSA) is 58.6 Å². The number of carbonyl (C=O) groups is 1. The van der Waals surface area contributed by atoms with E-state index in [2.05, 4.69) is 17.5 Å². The molecule has 2 unspecified atom stereocenters. The fraction of sp³-hybridized carbons (Fsp3) is 0.300. The summed E-state index contributed by atoms with van der Waals surface area (Å²) in [5, 5.41) is 14.3. The molecule has 1 amide bonds. The van der Waals surface area contributed by atoms with Crippen LogP contribution >= 0.6 is 0 Å². The molecule has 4 nitrogen and oxygen atoms in total. The van der Waals surface area contributed by atoms with Crippen molar-refractivity contribution in [1.29, 1.82) is 0 Å². The normalized spacial score (nSPS) is 14.7. The zero-order valence-electron chi connectivity index (χ0n) is 20.2. The summed E-state index contributed by atoms with van der Waals surface area (Å²) in [6.07, 6.45) is 6.48. The summed E-state index contributed by atoms with van der Waals surface area (Å²) in [5.74, 6) is 0.116. The number of allylic oxidation sites excluding steroid dienone is 1. The minimum Gasteiger partial charge on any atom is -0.491 e. The second-order valence-electron chi connectivity index (χ2n) is 9.27. The molecule has 3 aromatic carbocycles. The maximum atomic E-state index is 13.5. The SMILES string of the molecule is CC(C)Oc1cccc(CC(NC(=O)c2cccc3c2C=CCCC3)C(O)c2ccc(F)cc2)c1. The van der Waals surface area contributed by atoms with Crippen LogP contribution in [0, 0.1) is 5.82 Å². The molecule has 4 rings (SSSR count). The van der Waals surface area contributed by atoms with E-state index in [1.54, 1.807) is 12.1 Å². The Morgan fingerprint density at radius 1 is 1.09 bits per heavy atom. The minimum absolute atomic E-state index is 0.0342. The van der Waals surface area contributed by atoms with Crippen molar-refractivity contribution in [2.75, 3.05) is 0 Å². The average molecular weight is 474 g/mol. The Bertz CT molecular complexity index is 1190. The third kappa shape index (κ3) is 6.37. The van der Waals surface area contributed by atoms with Crippen molar-refractivity contribution in [2.45, 2.75) is 57.8 Å². The second kappa shape index (κ2) is 11.3. The molecule has 0 bridgehead atoms. The Balaban J connectivity index is 1.63. The molecule has 0 radical (unpaired) electrons. The highest BCUT2D eigenvalue weighted by atomic mass is 19.1. The molecule has 3 aromatic rings. The number of hydrogen-bond donors (Lipinski definition) is 2. The Kier molecular flexibility index (Phi) is 7.98. The zero-order valence-corrected chi connectivity index (χ0v) is 20.2. The molecule has 1 aliphatic carbocycles. The van der Waals surface area contributed by atoms with Crippen LogP contribution in [-0.4, -0.2) is 23.2 Å². The standard InChI is InChI=1S/C30H32FNO3/c1-20(2)35-25-11-6-8-21(18-25)19-28(29(33)23-14-16-24(31)17-15-23)32-30(34)27-13-7-10-22-9-4-3-5-12-26(22)27/h5-8,10-18,20,28-29,33H,3-4,9,19H2,1-2H3,(H,32,34). The van der Waals surface area contributed by atoms with Gasteiger partial charge in [-0.3, -0.25) is 4.79 Å².